The molecule has 1 heterocycles. The van der Waals surface area contributed by atoms with E-state index in [9.17, 15) is 4.39 Å². The summed E-state index contributed by atoms with van der Waals surface area (Å²) in [4.78, 5) is 0. The maximum atomic E-state index is 12.9. The summed E-state index contributed by atoms with van der Waals surface area (Å²) in [5, 5.41) is 7.73. The summed E-state index contributed by atoms with van der Waals surface area (Å²) in [5.41, 5.74) is 2.03. The van der Waals surface area contributed by atoms with Gasteiger partial charge in [0.2, 0.25) is 0 Å². The van der Waals surface area contributed by atoms with Crippen molar-refractivity contribution in [2.24, 2.45) is 7.05 Å². The van der Waals surface area contributed by atoms with E-state index in [2.05, 4.69) is 10.4 Å². The zero-order chi connectivity index (χ0) is 13.0. The van der Waals surface area contributed by atoms with Crippen LogP contribution in [0, 0.1) is 5.82 Å². The molecular weight excluding hydrogens is 253 g/mol. The molecule has 5 heteroatoms. The second-order valence-electron chi connectivity index (χ2n) is 4.16. The van der Waals surface area contributed by atoms with Gasteiger partial charge < -0.3 is 5.32 Å². The van der Waals surface area contributed by atoms with Crippen molar-refractivity contribution in [2.45, 2.75) is 13.0 Å². The minimum Gasteiger partial charge on any atom is -0.312 e. The predicted molar refractivity (Wildman–Crippen MR) is 70.0 cm³/mol. The average molecular weight is 268 g/mol. The van der Waals surface area contributed by atoms with E-state index in [0.29, 0.717) is 6.54 Å². The molecule has 0 saturated heterocycles. The van der Waals surface area contributed by atoms with E-state index in [1.165, 1.54) is 6.07 Å². The molecule has 1 aromatic heterocycles. The summed E-state index contributed by atoms with van der Waals surface area (Å²) < 4.78 is 14.7. The second-order valence-corrected chi connectivity index (χ2v) is 4.56. The first-order chi connectivity index (χ1) is 8.65. The Bertz CT molecular complexity index is 525. The Morgan fingerprint density at radius 2 is 2.22 bits per heavy atom. The molecule has 0 fully saturated rings. The number of nitrogens with zero attached hydrogens (tertiary/aromatic N) is 2. The lowest BCUT2D eigenvalue weighted by atomic mass is 10.2. The first-order valence-electron chi connectivity index (χ1n) is 5.78. The van der Waals surface area contributed by atoms with Crippen LogP contribution in [0.1, 0.15) is 11.3 Å². The normalized spacial score (nSPS) is 10.8. The van der Waals surface area contributed by atoms with Crippen molar-refractivity contribution < 1.29 is 4.39 Å². The Morgan fingerprint density at radius 3 is 2.89 bits per heavy atom. The van der Waals surface area contributed by atoms with E-state index in [-0.39, 0.29) is 10.8 Å². The first kappa shape index (κ1) is 13.1. The number of halogens is 2. The summed E-state index contributed by atoms with van der Waals surface area (Å²) in [6.45, 7) is 1.50. The van der Waals surface area contributed by atoms with Crippen LogP contribution in [-0.4, -0.2) is 16.3 Å². The Kier molecular flexibility index (Phi) is 4.33. The van der Waals surface area contributed by atoms with Crippen LogP contribution < -0.4 is 5.32 Å². The number of aromatic nitrogens is 2. The maximum Gasteiger partial charge on any atom is 0.141 e. The van der Waals surface area contributed by atoms with Crippen molar-refractivity contribution in [3.05, 3.63) is 52.6 Å². The summed E-state index contributed by atoms with van der Waals surface area (Å²) in [6, 6.07) is 6.76. The van der Waals surface area contributed by atoms with Crippen molar-refractivity contribution in [1.29, 1.82) is 0 Å². The zero-order valence-electron chi connectivity index (χ0n) is 10.2. The molecule has 2 rings (SSSR count). The molecule has 1 N–H and O–H groups in total. The average Bonchev–Trinajstić information content (AvgIpc) is 2.75. The van der Waals surface area contributed by atoms with Crippen molar-refractivity contribution in [1.82, 2.24) is 15.1 Å². The number of hydrogen-bond donors (Lipinski definition) is 1. The van der Waals surface area contributed by atoms with Crippen LogP contribution >= 0.6 is 11.6 Å². The molecule has 0 radical (unpaired) electrons. The molecule has 2 aromatic rings. The minimum atomic E-state index is -0.381. The van der Waals surface area contributed by atoms with Gasteiger partial charge in [-0.1, -0.05) is 17.7 Å². The van der Waals surface area contributed by atoms with Gasteiger partial charge in [0.1, 0.15) is 5.82 Å². The summed E-state index contributed by atoms with van der Waals surface area (Å²) in [7, 11) is 1.90. The molecule has 0 saturated carbocycles. The highest BCUT2D eigenvalue weighted by atomic mass is 35.5. The van der Waals surface area contributed by atoms with E-state index in [0.717, 1.165) is 24.2 Å². The minimum absolute atomic E-state index is 0.166. The lowest BCUT2D eigenvalue weighted by Crippen LogP contribution is -2.17. The van der Waals surface area contributed by atoms with E-state index in [4.69, 9.17) is 11.6 Å². The lowest BCUT2D eigenvalue weighted by molar-refractivity contribution is 0.624. The van der Waals surface area contributed by atoms with Crippen molar-refractivity contribution in [3.8, 4) is 0 Å². The van der Waals surface area contributed by atoms with Gasteiger partial charge in [-0.05, 0) is 23.8 Å². The molecule has 0 bridgehead atoms. The van der Waals surface area contributed by atoms with Gasteiger partial charge in [0.05, 0.1) is 10.7 Å². The maximum absolute atomic E-state index is 12.9. The number of nitrogens with one attached hydrogen (secondary N) is 1. The SMILES string of the molecule is Cn1ccc(CCNCc2ccc(F)c(Cl)c2)n1. The summed E-state index contributed by atoms with van der Waals surface area (Å²) >= 11 is 5.71. The standard InChI is InChI=1S/C13H15ClFN3/c1-18-7-5-11(17-18)4-6-16-9-10-2-3-13(15)12(14)8-10/h2-3,5,7-8,16H,4,6,9H2,1H3. The van der Waals surface area contributed by atoms with E-state index in [1.807, 2.05) is 19.3 Å². The summed E-state index contributed by atoms with van der Waals surface area (Å²) in [5.74, 6) is -0.381. The van der Waals surface area contributed by atoms with Gasteiger partial charge in [0.15, 0.2) is 0 Å². The molecule has 0 aliphatic heterocycles. The fourth-order valence-corrected chi connectivity index (χ4v) is 1.90. The third-order valence-electron chi connectivity index (χ3n) is 2.64. The van der Waals surface area contributed by atoms with Gasteiger partial charge >= 0.3 is 0 Å². The largest absolute Gasteiger partial charge is 0.312 e. The molecule has 0 aliphatic rings. The first-order valence-corrected chi connectivity index (χ1v) is 6.16. The third kappa shape index (κ3) is 3.55. The van der Waals surface area contributed by atoms with Gasteiger partial charge in [-0.25, -0.2) is 4.39 Å². The Labute approximate surface area is 111 Å². The number of hydrogen-bond acceptors (Lipinski definition) is 2. The van der Waals surface area contributed by atoms with Crippen LogP contribution in [0.4, 0.5) is 4.39 Å². The molecule has 0 spiro atoms. The van der Waals surface area contributed by atoms with Gasteiger partial charge in [-0.2, -0.15) is 5.10 Å². The molecule has 3 nitrogen and oxygen atoms in total. The highest BCUT2D eigenvalue weighted by Crippen LogP contribution is 2.15. The van der Waals surface area contributed by atoms with Crippen molar-refractivity contribution in [2.75, 3.05) is 6.54 Å². The second kappa shape index (κ2) is 5.98. The highest BCUT2D eigenvalue weighted by molar-refractivity contribution is 6.30. The van der Waals surface area contributed by atoms with Crippen LogP contribution in [0.2, 0.25) is 5.02 Å². The van der Waals surface area contributed by atoms with Crippen LogP contribution in [0.5, 0.6) is 0 Å². The Hall–Kier alpha value is -1.39. The van der Waals surface area contributed by atoms with Gasteiger partial charge in [-0.15, -0.1) is 0 Å². The molecule has 0 unspecified atom stereocenters. The summed E-state index contributed by atoms with van der Waals surface area (Å²) in [6.07, 6.45) is 2.80. The fourth-order valence-electron chi connectivity index (χ4n) is 1.70. The fraction of sp³-hybridized carbons (Fsp3) is 0.308. The van der Waals surface area contributed by atoms with Gasteiger partial charge in [0, 0.05) is 32.8 Å². The Balaban J connectivity index is 1.76. The predicted octanol–water partition coefficient (Wildman–Crippen LogP) is 2.54. The molecule has 0 amide bonds. The van der Waals surface area contributed by atoms with Gasteiger partial charge in [0.25, 0.3) is 0 Å². The quantitative estimate of drug-likeness (QED) is 0.844. The Morgan fingerprint density at radius 1 is 1.39 bits per heavy atom. The van der Waals surface area contributed by atoms with Crippen LogP contribution in [0.15, 0.2) is 30.5 Å². The zero-order valence-corrected chi connectivity index (χ0v) is 10.9. The smallest absolute Gasteiger partial charge is 0.141 e. The monoisotopic (exact) mass is 267 g/mol. The third-order valence-corrected chi connectivity index (χ3v) is 2.93. The molecule has 0 atom stereocenters. The molecule has 18 heavy (non-hydrogen) atoms. The number of aryl methyl sites for hydroxylation is 1. The molecule has 1 aromatic carbocycles. The van der Waals surface area contributed by atoms with Crippen LogP contribution in [-0.2, 0) is 20.0 Å². The topological polar surface area (TPSA) is 29.9 Å². The van der Waals surface area contributed by atoms with E-state index >= 15 is 0 Å². The molecular formula is C13H15ClFN3. The lowest BCUT2D eigenvalue weighted by Gasteiger charge is -2.04. The number of benzene rings is 1. The van der Waals surface area contributed by atoms with Crippen molar-refractivity contribution >= 4 is 11.6 Å². The number of rotatable bonds is 5. The van der Waals surface area contributed by atoms with Crippen molar-refractivity contribution in [3.63, 3.8) is 0 Å². The van der Waals surface area contributed by atoms with Crippen LogP contribution in [0.3, 0.4) is 0 Å². The molecule has 0 aliphatic carbocycles. The van der Waals surface area contributed by atoms with E-state index in [1.54, 1.807) is 16.8 Å². The van der Waals surface area contributed by atoms with E-state index < -0.39 is 0 Å². The van der Waals surface area contributed by atoms with Gasteiger partial charge in [-0.3, -0.25) is 4.68 Å². The molecule has 96 valence electrons. The van der Waals surface area contributed by atoms with Crippen LogP contribution in [0.25, 0.3) is 0 Å². The highest BCUT2D eigenvalue weighted by Gasteiger charge is 2.01.